The van der Waals surface area contributed by atoms with Crippen molar-refractivity contribution < 1.29 is 0 Å². The lowest BCUT2D eigenvalue weighted by atomic mass is 10.0. The van der Waals surface area contributed by atoms with E-state index in [1.54, 1.807) is 0 Å². The maximum Gasteiger partial charge on any atom is 0.191 e. The first-order chi connectivity index (χ1) is 14.0. The number of nitrogens with one attached hydrogen (secondary N) is 2. The van der Waals surface area contributed by atoms with Crippen LogP contribution in [-0.2, 0) is 13.6 Å². The van der Waals surface area contributed by atoms with E-state index in [-0.39, 0.29) is 0 Å². The number of likely N-dealkylation sites (N-methyl/N-ethyl adjacent to an activating group) is 1. The van der Waals surface area contributed by atoms with Gasteiger partial charge in [0.15, 0.2) is 11.8 Å². The molecule has 8 nitrogen and oxygen atoms in total. The average Bonchev–Trinajstić information content (AvgIpc) is 3.31. The summed E-state index contributed by atoms with van der Waals surface area (Å²) >= 11 is 0. The minimum Gasteiger partial charge on any atom is -0.355 e. The van der Waals surface area contributed by atoms with Crippen molar-refractivity contribution in [2.24, 2.45) is 12.0 Å². The molecule has 1 aromatic heterocycles. The SMILES string of the molecule is CCN1CCCC1CNC(=NCc1nnc(C)n1C)NC1CCN(C(C)C)CC1. The summed E-state index contributed by atoms with van der Waals surface area (Å²) in [4.78, 5) is 9.99. The fourth-order valence-corrected chi connectivity index (χ4v) is 4.40. The lowest BCUT2D eigenvalue weighted by molar-refractivity contribution is 0.167. The Kier molecular flexibility index (Phi) is 7.89. The van der Waals surface area contributed by atoms with E-state index in [0.29, 0.717) is 24.7 Å². The second kappa shape index (κ2) is 10.4. The van der Waals surface area contributed by atoms with Crippen LogP contribution in [0.5, 0.6) is 0 Å². The summed E-state index contributed by atoms with van der Waals surface area (Å²) in [5.74, 6) is 2.73. The molecule has 2 aliphatic heterocycles. The van der Waals surface area contributed by atoms with E-state index in [4.69, 9.17) is 4.99 Å². The van der Waals surface area contributed by atoms with Crippen LogP contribution in [0.1, 0.15) is 58.1 Å². The third-order valence-electron chi connectivity index (χ3n) is 6.57. The summed E-state index contributed by atoms with van der Waals surface area (Å²) in [6.45, 7) is 14.9. The van der Waals surface area contributed by atoms with E-state index in [1.807, 2.05) is 18.5 Å². The van der Waals surface area contributed by atoms with Crippen molar-refractivity contribution in [1.82, 2.24) is 35.2 Å². The molecule has 0 bridgehead atoms. The summed E-state index contributed by atoms with van der Waals surface area (Å²) in [6, 6.07) is 1.71. The van der Waals surface area contributed by atoms with E-state index < -0.39 is 0 Å². The van der Waals surface area contributed by atoms with Gasteiger partial charge in [-0.1, -0.05) is 6.92 Å². The molecular weight excluding hydrogens is 364 g/mol. The summed E-state index contributed by atoms with van der Waals surface area (Å²) in [7, 11) is 2.00. The van der Waals surface area contributed by atoms with Gasteiger partial charge >= 0.3 is 0 Å². The average molecular weight is 405 g/mol. The number of aliphatic imine (C=N–C) groups is 1. The molecule has 1 atom stereocenters. The number of rotatable bonds is 7. The molecule has 2 saturated heterocycles. The Balaban J connectivity index is 1.61. The van der Waals surface area contributed by atoms with Crippen molar-refractivity contribution in [2.45, 2.75) is 78.0 Å². The molecule has 1 unspecified atom stereocenters. The Morgan fingerprint density at radius 1 is 1.17 bits per heavy atom. The van der Waals surface area contributed by atoms with Crippen molar-refractivity contribution in [2.75, 3.05) is 32.7 Å². The second-order valence-electron chi connectivity index (χ2n) is 8.74. The number of aromatic nitrogens is 3. The molecular formula is C21H40N8. The summed E-state index contributed by atoms with van der Waals surface area (Å²) in [6.07, 6.45) is 4.88. The number of nitrogens with zero attached hydrogens (tertiary/aromatic N) is 6. The quantitative estimate of drug-likeness (QED) is 0.530. The topological polar surface area (TPSA) is 73.6 Å². The first-order valence-corrected chi connectivity index (χ1v) is 11.4. The zero-order chi connectivity index (χ0) is 20.8. The van der Waals surface area contributed by atoms with Crippen LogP contribution in [0.4, 0.5) is 0 Å². The van der Waals surface area contributed by atoms with Crippen LogP contribution in [0, 0.1) is 6.92 Å². The molecule has 2 aliphatic rings. The number of hydrogen-bond acceptors (Lipinski definition) is 5. The lowest BCUT2D eigenvalue weighted by Gasteiger charge is -2.35. The normalized spacial score (nSPS) is 22.6. The second-order valence-corrected chi connectivity index (χ2v) is 8.74. The van der Waals surface area contributed by atoms with Gasteiger partial charge in [0.25, 0.3) is 0 Å². The Morgan fingerprint density at radius 2 is 1.93 bits per heavy atom. The first kappa shape index (κ1) is 22.0. The van der Waals surface area contributed by atoms with Gasteiger partial charge in [-0.2, -0.15) is 0 Å². The van der Waals surface area contributed by atoms with Gasteiger partial charge in [0.05, 0.1) is 0 Å². The van der Waals surface area contributed by atoms with Crippen molar-refractivity contribution in [3.63, 3.8) is 0 Å². The standard InChI is InChI=1S/C21H40N8/c1-6-28-11-7-8-19(28)14-22-21(23-15-20-26-25-17(4)27(20)5)24-18-9-12-29(13-10-18)16(2)3/h16,18-19H,6-15H2,1-5H3,(H2,22,23,24). The number of guanidine groups is 1. The predicted molar refractivity (Wildman–Crippen MR) is 118 cm³/mol. The van der Waals surface area contributed by atoms with Crippen LogP contribution >= 0.6 is 0 Å². The van der Waals surface area contributed by atoms with Gasteiger partial charge in [-0.3, -0.25) is 4.90 Å². The van der Waals surface area contributed by atoms with Crippen molar-refractivity contribution >= 4 is 5.96 Å². The molecule has 0 radical (unpaired) electrons. The Morgan fingerprint density at radius 3 is 2.55 bits per heavy atom. The van der Waals surface area contributed by atoms with Crippen molar-refractivity contribution in [1.29, 1.82) is 0 Å². The minimum absolute atomic E-state index is 0.475. The smallest absolute Gasteiger partial charge is 0.191 e. The third kappa shape index (κ3) is 5.92. The number of likely N-dealkylation sites (tertiary alicyclic amines) is 2. The molecule has 0 spiro atoms. The largest absolute Gasteiger partial charge is 0.355 e. The van der Waals surface area contributed by atoms with Gasteiger partial charge < -0.3 is 20.1 Å². The number of aryl methyl sites for hydroxylation is 1. The van der Waals surface area contributed by atoms with Gasteiger partial charge in [-0.15, -0.1) is 10.2 Å². The maximum absolute atomic E-state index is 4.87. The first-order valence-electron chi connectivity index (χ1n) is 11.4. The summed E-state index contributed by atoms with van der Waals surface area (Å²) in [5.41, 5.74) is 0. The highest BCUT2D eigenvalue weighted by atomic mass is 15.3. The van der Waals surface area contributed by atoms with Gasteiger partial charge in [-0.05, 0) is 59.5 Å². The van der Waals surface area contributed by atoms with Crippen molar-refractivity contribution in [3.8, 4) is 0 Å². The molecule has 0 amide bonds. The fraction of sp³-hybridized carbons (Fsp3) is 0.857. The van der Waals surface area contributed by atoms with Gasteiger partial charge in [-0.25, -0.2) is 4.99 Å². The van der Waals surface area contributed by atoms with Gasteiger partial charge in [0.2, 0.25) is 0 Å². The fourth-order valence-electron chi connectivity index (χ4n) is 4.40. The Labute approximate surface area is 176 Å². The van der Waals surface area contributed by atoms with Crippen LogP contribution in [0.3, 0.4) is 0 Å². The molecule has 164 valence electrons. The molecule has 0 aromatic carbocycles. The van der Waals surface area contributed by atoms with Crippen LogP contribution in [0.2, 0.25) is 0 Å². The lowest BCUT2D eigenvalue weighted by Crippen LogP contribution is -2.51. The molecule has 2 fully saturated rings. The molecule has 3 heterocycles. The van der Waals surface area contributed by atoms with Crippen LogP contribution in [0.15, 0.2) is 4.99 Å². The van der Waals surface area contributed by atoms with E-state index in [0.717, 1.165) is 56.6 Å². The molecule has 29 heavy (non-hydrogen) atoms. The van der Waals surface area contributed by atoms with Crippen molar-refractivity contribution in [3.05, 3.63) is 11.6 Å². The number of hydrogen-bond donors (Lipinski definition) is 2. The maximum atomic E-state index is 4.87. The van der Waals surface area contributed by atoms with E-state index in [1.165, 1.54) is 19.4 Å². The molecule has 8 heteroatoms. The molecule has 1 aromatic rings. The predicted octanol–water partition coefficient (Wildman–Crippen LogP) is 1.52. The monoisotopic (exact) mass is 404 g/mol. The Bertz CT molecular complexity index is 660. The zero-order valence-corrected chi connectivity index (χ0v) is 19.0. The third-order valence-corrected chi connectivity index (χ3v) is 6.57. The highest BCUT2D eigenvalue weighted by molar-refractivity contribution is 5.80. The van der Waals surface area contributed by atoms with E-state index in [9.17, 15) is 0 Å². The molecule has 2 N–H and O–H groups in total. The van der Waals surface area contributed by atoms with Gasteiger partial charge in [0.1, 0.15) is 12.4 Å². The summed E-state index contributed by atoms with van der Waals surface area (Å²) in [5, 5.41) is 15.8. The molecule has 0 saturated carbocycles. The minimum atomic E-state index is 0.475. The molecule has 3 rings (SSSR count). The molecule has 0 aliphatic carbocycles. The van der Waals surface area contributed by atoms with Crippen LogP contribution < -0.4 is 10.6 Å². The zero-order valence-electron chi connectivity index (χ0n) is 19.0. The highest BCUT2D eigenvalue weighted by Crippen LogP contribution is 2.16. The summed E-state index contributed by atoms with van der Waals surface area (Å²) < 4.78 is 2.01. The van der Waals surface area contributed by atoms with Gasteiger partial charge in [0, 0.05) is 44.8 Å². The van der Waals surface area contributed by atoms with E-state index in [2.05, 4.69) is 51.4 Å². The van der Waals surface area contributed by atoms with Crippen LogP contribution in [-0.4, -0.2) is 81.4 Å². The van der Waals surface area contributed by atoms with Crippen LogP contribution in [0.25, 0.3) is 0 Å². The highest BCUT2D eigenvalue weighted by Gasteiger charge is 2.24. The van der Waals surface area contributed by atoms with E-state index >= 15 is 0 Å². The number of piperidine rings is 1. The Hall–Kier alpha value is -1.67.